The number of hydrogen-bond donors (Lipinski definition) is 1. The Balaban J connectivity index is 1.28. The van der Waals surface area contributed by atoms with Crippen LogP contribution >= 0.6 is 7.82 Å². The molecule has 1 unspecified atom stereocenters. The first kappa shape index (κ1) is 26.9. The largest absolute Gasteiger partial charge is 0.475 e. The summed E-state index contributed by atoms with van der Waals surface area (Å²) in [6.45, 7) is 2.65. The van der Waals surface area contributed by atoms with Gasteiger partial charge in [0, 0.05) is 0 Å². The summed E-state index contributed by atoms with van der Waals surface area (Å²) in [5, 5.41) is 2.87. The molecule has 7 nitrogen and oxygen atoms in total. The van der Waals surface area contributed by atoms with Gasteiger partial charge in [-0.15, -0.1) is 0 Å². The monoisotopic (exact) mass is 515 g/mol. The molecule has 0 spiro atoms. The van der Waals surface area contributed by atoms with Gasteiger partial charge in [-0.05, 0) is 47.9 Å². The second-order valence-corrected chi connectivity index (χ2v) is 11.5. The van der Waals surface area contributed by atoms with Crippen molar-refractivity contribution >= 4 is 13.9 Å². The number of nitrogens with one attached hydrogen (secondary N) is 1. The number of phosphoric acid groups is 1. The zero-order valence-electron chi connectivity index (χ0n) is 21.2. The number of aryl methyl sites for hydroxylation is 2. The van der Waals surface area contributed by atoms with Crippen LogP contribution in [0.3, 0.4) is 0 Å². The van der Waals surface area contributed by atoms with E-state index in [4.69, 9.17) is 18.3 Å². The highest BCUT2D eigenvalue weighted by Gasteiger charge is 2.43. The summed E-state index contributed by atoms with van der Waals surface area (Å²) in [7, 11) is -3.78. The van der Waals surface area contributed by atoms with Gasteiger partial charge in [-0.25, -0.2) is 9.36 Å². The fourth-order valence-corrected chi connectivity index (χ4v) is 5.82. The molecule has 8 heteroatoms. The van der Waals surface area contributed by atoms with Gasteiger partial charge >= 0.3 is 13.9 Å². The predicted molar refractivity (Wildman–Crippen MR) is 139 cm³/mol. The Morgan fingerprint density at radius 1 is 0.889 bits per heavy atom. The molecule has 2 aromatic rings. The second kappa shape index (κ2) is 12.9. The zero-order valence-corrected chi connectivity index (χ0v) is 22.1. The molecule has 0 bridgehead atoms. The Bertz CT molecular complexity index is 1010. The minimum Gasteiger partial charge on any atom is -0.447 e. The molecule has 36 heavy (non-hydrogen) atoms. The molecule has 1 amide bonds. The highest BCUT2D eigenvalue weighted by Crippen LogP contribution is 2.53. The topological polar surface area (TPSA) is 83.1 Å². The van der Waals surface area contributed by atoms with E-state index in [0.29, 0.717) is 6.42 Å². The van der Waals surface area contributed by atoms with Crippen LogP contribution in [0.15, 0.2) is 48.5 Å². The van der Waals surface area contributed by atoms with Crippen LogP contribution in [0, 0.1) is 0 Å². The normalized spacial score (nSPS) is 20.9. The summed E-state index contributed by atoms with van der Waals surface area (Å²) in [6.07, 6.45) is 9.68. The third-order valence-electron chi connectivity index (χ3n) is 6.95. The fraction of sp³-hybridized carbons (Fsp3) is 0.536. The first-order chi connectivity index (χ1) is 17.5. The molecule has 0 aliphatic carbocycles. The van der Waals surface area contributed by atoms with Crippen LogP contribution in [0.25, 0.3) is 0 Å². The SMILES string of the molecule is CCCCCCCCc1ccc(CCC2(COP3(=O)OCc4ccccc4CO3)COC(=O)N2)cc1. The van der Waals surface area contributed by atoms with Crippen molar-refractivity contribution in [1.82, 2.24) is 5.32 Å². The summed E-state index contributed by atoms with van der Waals surface area (Å²) in [6, 6.07) is 16.3. The molecule has 1 fully saturated rings. The molecule has 2 aromatic carbocycles. The summed E-state index contributed by atoms with van der Waals surface area (Å²) >= 11 is 0. The summed E-state index contributed by atoms with van der Waals surface area (Å²) < 4.78 is 35.2. The van der Waals surface area contributed by atoms with Gasteiger partial charge in [-0.2, -0.15) is 0 Å². The van der Waals surface area contributed by atoms with E-state index in [2.05, 4.69) is 36.5 Å². The number of hydrogen-bond acceptors (Lipinski definition) is 6. The maximum Gasteiger partial charge on any atom is 0.475 e. The van der Waals surface area contributed by atoms with E-state index in [1.54, 1.807) is 0 Å². The number of carbonyl (C=O) groups is 1. The molecule has 2 aliphatic rings. The van der Waals surface area contributed by atoms with E-state index < -0.39 is 19.5 Å². The average Bonchev–Trinajstić information content (AvgIpc) is 3.19. The Morgan fingerprint density at radius 2 is 1.50 bits per heavy atom. The van der Waals surface area contributed by atoms with Crippen LogP contribution in [0.1, 0.15) is 74.1 Å². The lowest BCUT2D eigenvalue weighted by atomic mass is 9.93. The van der Waals surface area contributed by atoms with Gasteiger partial charge in [0.05, 0.1) is 19.8 Å². The number of benzene rings is 2. The van der Waals surface area contributed by atoms with Crippen molar-refractivity contribution in [2.45, 2.75) is 83.5 Å². The average molecular weight is 516 g/mol. The van der Waals surface area contributed by atoms with Gasteiger partial charge in [0.2, 0.25) is 0 Å². The van der Waals surface area contributed by atoms with Gasteiger partial charge in [-0.3, -0.25) is 13.6 Å². The number of cyclic esters (lactones) is 1. The second-order valence-electron chi connectivity index (χ2n) is 9.85. The Labute approximate surface area is 214 Å². The van der Waals surface area contributed by atoms with Gasteiger partial charge in [0.25, 0.3) is 0 Å². The molecule has 1 N–H and O–H groups in total. The highest BCUT2D eigenvalue weighted by atomic mass is 31.2. The smallest absolute Gasteiger partial charge is 0.447 e. The lowest BCUT2D eigenvalue weighted by molar-refractivity contribution is 0.0801. The molecule has 0 radical (unpaired) electrons. The molecule has 0 aromatic heterocycles. The lowest BCUT2D eigenvalue weighted by Crippen LogP contribution is -2.48. The third-order valence-corrected chi connectivity index (χ3v) is 8.29. The molecular formula is C28H38NO6P. The number of rotatable bonds is 13. The van der Waals surface area contributed by atoms with Crippen molar-refractivity contribution in [1.29, 1.82) is 0 Å². The number of carbonyl (C=O) groups excluding carboxylic acids is 1. The van der Waals surface area contributed by atoms with E-state index in [9.17, 15) is 9.36 Å². The maximum atomic E-state index is 13.2. The Morgan fingerprint density at radius 3 is 2.11 bits per heavy atom. The van der Waals surface area contributed by atoms with Crippen molar-refractivity contribution in [3.05, 3.63) is 70.8 Å². The van der Waals surface area contributed by atoms with Crippen molar-refractivity contribution in [2.75, 3.05) is 13.2 Å². The van der Waals surface area contributed by atoms with Gasteiger partial charge < -0.3 is 10.1 Å². The number of alkyl carbamates (subject to hydrolysis) is 1. The van der Waals surface area contributed by atoms with E-state index in [-0.39, 0.29) is 26.4 Å². The maximum absolute atomic E-state index is 13.2. The molecule has 1 atom stereocenters. The summed E-state index contributed by atoms with van der Waals surface area (Å²) in [5.74, 6) is 0. The van der Waals surface area contributed by atoms with E-state index in [1.165, 1.54) is 49.7 Å². The van der Waals surface area contributed by atoms with Gasteiger partial charge in [0.15, 0.2) is 0 Å². The fourth-order valence-electron chi connectivity index (χ4n) is 4.59. The van der Waals surface area contributed by atoms with E-state index in [1.807, 2.05) is 24.3 Å². The van der Waals surface area contributed by atoms with Crippen LogP contribution in [0.5, 0.6) is 0 Å². The number of ether oxygens (including phenoxy) is 1. The first-order valence-corrected chi connectivity index (χ1v) is 14.6. The van der Waals surface area contributed by atoms with Crippen molar-refractivity contribution < 1.29 is 27.7 Å². The van der Waals surface area contributed by atoms with Crippen molar-refractivity contribution in [3.8, 4) is 0 Å². The number of amides is 1. The summed E-state index contributed by atoms with van der Waals surface area (Å²) in [5.41, 5.74) is 3.58. The standard InChI is InChI=1S/C28H38NO6P/c1-2-3-4-5-6-7-10-23-13-15-24(16-14-23)17-18-28(21-32-27(30)29-28)22-35-36(31)33-19-25-11-8-9-12-26(25)20-34-36/h8-9,11-16H,2-7,10,17-22H2,1H3,(H,29,30). The highest BCUT2D eigenvalue weighted by molar-refractivity contribution is 7.48. The molecule has 2 heterocycles. The van der Waals surface area contributed by atoms with Crippen LogP contribution in [0.4, 0.5) is 4.79 Å². The molecule has 0 saturated carbocycles. The Hall–Kier alpha value is -2.18. The van der Waals surface area contributed by atoms with Crippen molar-refractivity contribution in [3.63, 3.8) is 0 Å². The summed E-state index contributed by atoms with van der Waals surface area (Å²) in [4.78, 5) is 11.9. The van der Waals surface area contributed by atoms with Gasteiger partial charge in [-0.1, -0.05) is 87.6 Å². The molecule has 196 valence electrons. The van der Waals surface area contributed by atoms with Crippen LogP contribution in [-0.4, -0.2) is 24.8 Å². The molecular weight excluding hydrogens is 477 g/mol. The Kier molecular flexibility index (Phi) is 9.60. The lowest BCUT2D eigenvalue weighted by Gasteiger charge is -2.28. The number of phosphoric ester groups is 1. The van der Waals surface area contributed by atoms with E-state index >= 15 is 0 Å². The minimum atomic E-state index is -3.78. The number of unbranched alkanes of at least 4 members (excludes halogenated alkanes) is 5. The van der Waals surface area contributed by atoms with Crippen LogP contribution in [-0.2, 0) is 48.9 Å². The van der Waals surface area contributed by atoms with Crippen molar-refractivity contribution in [2.24, 2.45) is 0 Å². The molecule has 1 saturated heterocycles. The quantitative estimate of drug-likeness (QED) is 0.231. The third kappa shape index (κ3) is 7.66. The van der Waals surface area contributed by atoms with Gasteiger partial charge in [0.1, 0.15) is 12.1 Å². The minimum absolute atomic E-state index is 0.0253. The molecule has 4 rings (SSSR count). The zero-order chi connectivity index (χ0) is 25.3. The molecule has 2 aliphatic heterocycles. The van der Waals surface area contributed by atoms with Crippen LogP contribution in [0.2, 0.25) is 0 Å². The number of fused-ring (bicyclic) bond motifs is 1. The van der Waals surface area contributed by atoms with Crippen LogP contribution < -0.4 is 5.32 Å². The predicted octanol–water partition coefficient (Wildman–Crippen LogP) is 6.87. The first-order valence-electron chi connectivity index (χ1n) is 13.1. The van der Waals surface area contributed by atoms with E-state index in [0.717, 1.165) is 24.0 Å².